The van der Waals surface area contributed by atoms with Crippen molar-refractivity contribution in [1.29, 1.82) is 0 Å². The Morgan fingerprint density at radius 3 is 2.58 bits per heavy atom. The summed E-state index contributed by atoms with van der Waals surface area (Å²) < 4.78 is 0. The van der Waals surface area contributed by atoms with Crippen molar-refractivity contribution < 1.29 is 9.59 Å². The Morgan fingerprint density at radius 2 is 1.85 bits per heavy atom. The van der Waals surface area contributed by atoms with E-state index in [4.69, 9.17) is 0 Å². The highest BCUT2D eigenvalue weighted by molar-refractivity contribution is 5.98. The number of benzene rings is 2. The van der Waals surface area contributed by atoms with Gasteiger partial charge in [0.15, 0.2) is 0 Å². The zero-order chi connectivity index (χ0) is 18.9. The van der Waals surface area contributed by atoms with Crippen molar-refractivity contribution >= 4 is 23.2 Å². The first-order chi connectivity index (χ1) is 12.5. The summed E-state index contributed by atoms with van der Waals surface area (Å²) in [6.45, 7) is 6.94. The van der Waals surface area contributed by atoms with Crippen molar-refractivity contribution in [2.45, 2.75) is 33.6 Å². The van der Waals surface area contributed by atoms with Crippen LogP contribution in [-0.2, 0) is 4.79 Å². The monoisotopic (exact) mass is 353 g/mol. The van der Waals surface area contributed by atoms with Crippen LogP contribution in [0.15, 0.2) is 42.5 Å². The lowest BCUT2D eigenvalue weighted by Gasteiger charge is -2.11. The number of anilines is 2. The Balaban J connectivity index is 1.90. The van der Waals surface area contributed by atoms with E-state index in [0.717, 1.165) is 24.1 Å². The quantitative estimate of drug-likeness (QED) is 0.631. The molecule has 0 fully saturated rings. The third-order valence-electron chi connectivity index (χ3n) is 4.05. The maximum atomic E-state index is 12.2. The van der Waals surface area contributed by atoms with Crippen LogP contribution in [0.3, 0.4) is 0 Å². The fourth-order valence-electron chi connectivity index (χ4n) is 2.61. The lowest BCUT2D eigenvalue weighted by Crippen LogP contribution is -2.25. The van der Waals surface area contributed by atoms with Crippen molar-refractivity contribution in [2.75, 3.05) is 23.7 Å². The van der Waals surface area contributed by atoms with Gasteiger partial charge in [0, 0.05) is 23.5 Å². The van der Waals surface area contributed by atoms with Crippen LogP contribution in [0, 0.1) is 13.8 Å². The molecular formula is C21H27N3O2. The van der Waals surface area contributed by atoms with Crippen LogP contribution in [0.1, 0.15) is 41.3 Å². The maximum Gasteiger partial charge on any atom is 0.251 e. The van der Waals surface area contributed by atoms with Gasteiger partial charge in [0.05, 0.1) is 6.54 Å². The van der Waals surface area contributed by atoms with E-state index >= 15 is 0 Å². The van der Waals surface area contributed by atoms with Crippen molar-refractivity contribution in [3.8, 4) is 0 Å². The molecule has 26 heavy (non-hydrogen) atoms. The van der Waals surface area contributed by atoms with Crippen LogP contribution in [0.25, 0.3) is 0 Å². The Kier molecular flexibility index (Phi) is 7.21. The standard InChI is InChI=1S/C21H27N3O2/c1-4-5-11-22-21(26)17-7-6-8-18(13-17)24-20(25)14-23-19-10-9-15(2)12-16(19)3/h6-10,12-13,23H,4-5,11,14H2,1-3H3,(H,22,26)(H,24,25). The molecule has 0 saturated carbocycles. The average Bonchev–Trinajstić information content (AvgIpc) is 2.61. The molecule has 0 spiro atoms. The number of hydrogen-bond donors (Lipinski definition) is 3. The largest absolute Gasteiger partial charge is 0.376 e. The van der Waals surface area contributed by atoms with E-state index in [1.807, 2.05) is 26.0 Å². The highest BCUT2D eigenvalue weighted by Gasteiger charge is 2.08. The normalized spacial score (nSPS) is 10.3. The molecular weight excluding hydrogens is 326 g/mol. The highest BCUT2D eigenvalue weighted by atomic mass is 16.2. The first-order valence-electron chi connectivity index (χ1n) is 8.99. The second-order valence-electron chi connectivity index (χ2n) is 6.41. The molecule has 0 aliphatic carbocycles. The summed E-state index contributed by atoms with van der Waals surface area (Å²) in [4.78, 5) is 24.3. The number of carbonyl (C=O) groups is 2. The van der Waals surface area contributed by atoms with Crippen LogP contribution in [0.4, 0.5) is 11.4 Å². The zero-order valence-corrected chi connectivity index (χ0v) is 15.7. The predicted molar refractivity (Wildman–Crippen MR) is 107 cm³/mol. The summed E-state index contributed by atoms with van der Waals surface area (Å²) in [5.74, 6) is -0.281. The first-order valence-corrected chi connectivity index (χ1v) is 8.99. The van der Waals surface area contributed by atoms with Gasteiger partial charge in [0.25, 0.3) is 5.91 Å². The van der Waals surface area contributed by atoms with Gasteiger partial charge >= 0.3 is 0 Å². The average molecular weight is 353 g/mol. The van der Waals surface area contributed by atoms with Crippen LogP contribution >= 0.6 is 0 Å². The second-order valence-corrected chi connectivity index (χ2v) is 6.41. The number of hydrogen-bond acceptors (Lipinski definition) is 3. The fraction of sp³-hybridized carbons (Fsp3) is 0.333. The molecule has 0 aliphatic heterocycles. The Labute approximate surface area is 155 Å². The number of carbonyl (C=O) groups excluding carboxylic acids is 2. The van der Waals surface area contributed by atoms with Crippen LogP contribution in [0.2, 0.25) is 0 Å². The molecule has 0 unspecified atom stereocenters. The van der Waals surface area contributed by atoms with E-state index in [0.29, 0.717) is 17.8 Å². The van der Waals surface area contributed by atoms with Crippen LogP contribution in [-0.4, -0.2) is 24.9 Å². The van der Waals surface area contributed by atoms with E-state index in [1.54, 1.807) is 24.3 Å². The molecule has 3 N–H and O–H groups in total. The number of nitrogens with one attached hydrogen (secondary N) is 3. The Morgan fingerprint density at radius 1 is 1.04 bits per heavy atom. The summed E-state index contributed by atoms with van der Waals surface area (Å²) in [6.07, 6.45) is 1.98. The van der Waals surface area contributed by atoms with Gasteiger partial charge in [0.2, 0.25) is 5.91 Å². The third kappa shape index (κ3) is 5.92. The predicted octanol–water partition coefficient (Wildman–Crippen LogP) is 3.88. The van der Waals surface area contributed by atoms with Crippen LogP contribution < -0.4 is 16.0 Å². The Hall–Kier alpha value is -2.82. The minimum Gasteiger partial charge on any atom is -0.376 e. The van der Waals surface area contributed by atoms with Gasteiger partial charge in [-0.3, -0.25) is 9.59 Å². The van der Waals surface area contributed by atoms with Gasteiger partial charge in [-0.15, -0.1) is 0 Å². The molecule has 138 valence electrons. The third-order valence-corrected chi connectivity index (χ3v) is 4.05. The van der Waals surface area contributed by atoms with Gasteiger partial charge < -0.3 is 16.0 Å². The van der Waals surface area contributed by atoms with Crippen LogP contribution in [0.5, 0.6) is 0 Å². The van der Waals surface area contributed by atoms with E-state index in [-0.39, 0.29) is 18.4 Å². The van der Waals surface area contributed by atoms with E-state index < -0.39 is 0 Å². The lowest BCUT2D eigenvalue weighted by molar-refractivity contribution is -0.114. The van der Waals surface area contributed by atoms with E-state index in [9.17, 15) is 9.59 Å². The number of amides is 2. The molecule has 0 heterocycles. The number of aryl methyl sites for hydroxylation is 2. The summed E-state index contributed by atoms with van der Waals surface area (Å²) in [6, 6.07) is 13.0. The lowest BCUT2D eigenvalue weighted by atomic mass is 10.1. The molecule has 0 aromatic heterocycles. The summed E-state index contributed by atoms with van der Waals surface area (Å²) in [5.41, 5.74) is 4.38. The summed E-state index contributed by atoms with van der Waals surface area (Å²) in [5, 5.41) is 8.84. The van der Waals surface area contributed by atoms with Crippen molar-refractivity contribution in [2.24, 2.45) is 0 Å². The zero-order valence-electron chi connectivity index (χ0n) is 15.7. The molecule has 0 saturated heterocycles. The molecule has 0 aliphatic rings. The van der Waals surface area contributed by atoms with Crippen molar-refractivity contribution in [1.82, 2.24) is 5.32 Å². The van der Waals surface area contributed by atoms with Gasteiger partial charge in [-0.05, 0) is 50.1 Å². The summed E-state index contributed by atoms with van der Waals surface area (Å²) >= 11 is 0. The first kappa shape index (κ1) is 19.5. The molecule has 5 heteroatoms. The van der Waals surface area contributed by atoms with E-state index in [1.165, 1.54) is 5.56 Å². The van der Waals surface area contributed by atoms with Gasteiger partial charge in [-0.2, -0.15) is 0 Å². The Bertz CT molecular complexity index is 772. The minimum absolute atomic E-state index is 0.122. The highest BCUT2D eigenvalue weighted by Crippen LogP contribution is 2.16. The van der Waals surface area contributed by atoms with Gasteiger partial charge in [0.1, 0.15) is 0 Å². The van der Waals surface area contributed by atoms with E-state index in [2.05, 4.69) is 28.9 Å². The molecule has 2 rings (SSSR count). The molecule has 5 nitrogen and oxygen atoms in total. The van der Waals surface area contributed by atoms with Gasteiger partial charge in [-0.25, -0.2) is 0 Å². The molecule has 2 aromatic carbocycles. The van der Waals surface area contributed by atoms with Crippen molar-refractivity contribution in [3.05, 3.63) is 59.2 Å². The topological polar surface area (TPSA) is 70.2 Å². The van der Waals surface area contributed by atoms with Crippen molar-refractivity contribution in [3.63, 3.8) is 0 Å². The number of unbranched alkanes of at least 4 members (excludes halogenated alkanes) is 1. The molecule has 0 atom stereocenters. The maximum absolute atomic E-state index is 12.2. The fourth-order valence-corrected chi connectivity index (χ4v) is 2.61. The molecule has 0 bridgehead atoms. The molecule has 0 radical (unpaired) electrons. The van der Waals surface area contributed by atoms with Gasteiger partial charge in [-0.1, -0.05) is 37.1 Å². The molecule has 2 aromatic rings. The smallest absolute Gasteiger partial charge is 0.251 e. The minimum atomic E-state index is -0.159. The second kappa shape index (κ2) is 9.61. The summed E-state index contributed by atoms with van der Waals surface area (Å²) in [7, 11) is 0. The molecule has 2 amide bonds. The number of rotatable bonds is 8. The SMILES string of the molecule is CCCCNC(=O)c1cccc(NC(=O)CNc2ccc(C)cc2C)c1.